The van der Waals surface area contributed by atoms with E-state index in [1.165, 1.54) is 10.5 Å². The lowest BCUT2D eigenvalue weighted by molar-refractivity contribution is 1.29. The first-order valence-electron chi connectivity index (χ1n) is 5.39. The lowest BCUT2D eigenvalue weighted by Crippen LogP contribution is -1.88. The van der Waals surface area contributed by atoms with E-state index in [9.17, 15) is 0 Å². The highest BCUT2D eigenvalue weighted by Gasteiger charge is 2.03. The Kier molecular flexibility index (Phi) is 3.97. The van der Waals surface area contributed by atoms with Crippen LogP contribution in [0.3, 0.4) is 0 Å². The molecular formula is C14H14ClNS. The van der Waals surface area contributed by atoms with Crippen molar-refractivity contribution in [3.05, 3.63) is 58.6 Å². The number of nitrogen functional groups attached to an aromatic ring is 1. The lowest BCUT2D eigenvalue weighted by Gasteiger charge is -2.07. The maximum Gasteiger partial charge on any atom is 0.0446 e. The van der Waals surface area contributed by atoms with Gasteiger partial charge in [-0.15, -0.1) is 11.8 Å². The van der Waals surface area contributed by atoms with Gasteiger partial charge in [0.2, 0.25) is 0 Å². The third-order valence-electron chi connectivity index (χ3n) is 2.54. The Morgan fingerprint density at radius 1 is 1.18 bits per heavy atom. The largest absolute Gasteiger partial charge is 0.399 e. The maximum absolute atomic E-state index is 6.12. The van der Waals surface area contributed by atoms with Crippen molar-refractivity contribution in [1.29, 1.82) is 0 Å². The number of hydrogen-bond acceptors (Lipinski definition) is 2. The molecule has 2 aromatic rings. The minimum absolute atomic E-state index is 0.810. The second-order valence-electron chi connectivity index (χ2n) is 3.91. The monoisotopic (exact) mass is 263 g/mol. The molecule has 0 amide bonds. The fourth-order valence-corrected chi connectivity index (χ4v) is 2.90. The third kappa shape index (κ3) is 3.18. The molecule has 0 bridgehead atoms. The molecule has 0 saturated heterocycles. The molecular weight excluding hydrogens is 250 g/mol. The topological polar surface area (TPSA) is 26.0 Å². The van der Waals surface area contributed by atoms with E-state index in [2.05, 4.69) is 19.1 Å². The lowest BCUT2D eigenvalue weighted by atomic mass is 10.2. The Hall–Kier alpha value is -1.12. The van der Waals surface area contributed by atoms with Gasteiger partial charge in [0.25, 0.3) is 0 Å². The normalized spacial score (nSPS) is 10.5. The summed E-state index contributed by atoms with van der Waals surface area (Å²) in [5.41, 5.74) is 8.91. The summed E-state index contributed by atoms with van der Waals surface area (Å²) in [4.78, 5) is 1.25. The van der Waals surface area contributed by atoms with Crippen molar-refractivity contribution in [2.45, 2.75) is 17.6 Å². The van der Waals surface area contributed by atoms with Gasteiger partial charge in [-0.3, -0.25) is 0 Å². The van der Waals surface area contributed by atoms with E-state index in [1.54, 1.807) is 11.8 Å². The van der Waals surface area contributed by atoms with E-state index < -0.39 is 0 Å². The number of nitrogens with two attached hydrogens (primary N) is 1. The summed E-state index contributed by atoms with van der Waals surface area (Å²) < 4.78 is 0. The molecule has 3 heteroatoms. The molecule has 0 aliphatic rings. The van der Waals surface area contributed by atoms with Crippen LogP contribution in [0.5, 0.6) is 0 Å². The van der Waals surface area contributed by atoms with Crippen molar-refractivity contribution in [3.63, 3.8) is 0 Å². The van der Waals surface area contributed by atoms with Crippen molar-refractivity contribution < 1.29 is 0 Å². The molecule has 0 aliphatic carbocycles. The van der Waals surface area contributed by atoms with Gasteiger partial charge in [-0.1, -0.05) is 29.8 Å². The van der Waals surface area contributed by atoms with Crippen molar-refractivity contribution in [3.8, 4) is 0 Å². The number of benzene rings is 2. The first kappa shape index (κ1) is 12.3. The van der Waals surface area contributed by atoms with E-state index in [4.69, 9.17) is 17.3 Å². The number of anilines is 1. The molecule has 0 aliphatic heterocycles. The molecule has 1 nitrogen and oxygen atoms in total. The third-order valence-corrected chi connectivity index (χ3v) is 4.13. The van der Waals surface area contributed by atoms with Crippen LogP contribution >= 0.6 is 23.4 Å². The van der Waals surface area contributed by atoms with Crippen molar-refractivity contribution >= 4 is 29.1 Å². The average molecular weight is 264 g/mol. The zero-order valence-electron chi connectivity index (χ0n) is 9.61. The first-order chi connectivity index (χ1) is 8.16. The Balaban J connectivity index is 2.10. The van der Waals surface area contributed by atoms with Crippen molar-refractivity contribution in [2.75, 3.05) is 5.73 Å². The zero-order valence-corrected chi connectivity index (χ0v) is 11.2. The Labute approximate surface area is 111 Å². The summed E-state index contributed by atoms with van der Waals surface area (Å²) in [6, 6.07) is 13.9. The molecule has 0 saturated carbocycles. The zero-order chi connectivity index (χ0) is 12.3. The van der Waals surface area contributed by atoms with E-state index in [0.717, 1.165) is 22.0 Å². The molecule has 2 N–H and O–H groups in total. The smallest absolute Gasteiger partial charge is 0.0446 e. The average Bonchev–Trinajstić information content (AvgIpc) is 2.30. The molecule has 0 atom stereocenters. The van der Waals surface area contributed by atoms with Crippen molar-refractivity contribution in [1.82, 2.24) is 0 Å². The van der Waals surface area contributed by atoms with Crippen LogP contribution < -0.4 is 5.73 Å². The fourth-order valence-electron chi connectivity index (χ4n) is 1.61. The van der Waals surface area contributed by atoms with Gasteiger partial charge in [0.1, 0.15) is 0 Å². The molecule has 0 spiro atoms. The molecule has 2 rings (SSSR count). The van der Waals surface area contributed by atoms with E-state index >= 15 is 0 Å². The summed E-state index contributed by atoms with van der Waals surface area (Å²) in [7, 11) is 0. The number of halogens is 1. The molecule has 0 radical (unpaired) electrons. The predicted octanol–water partition coefficient (Wildman–Crippen LogP) is 4.52. The Morgan fingerprint density at radius 3 is 2.65 bits per heavy atom. The summed E-state index contributed by atoms with van der Waals surface area (Å²) >= 11 is 7.91. The SMILES string of the molecule is Cc1cc(N)ccc1SCc1ccccc1Cl. The summed E-state index contributed by atoms with van der Waals surface area (Å²) in [5.74, 6) is 0.879. The fraction of sp³-hybridized carbons (Fsp3) is 0.143. The highest BCUT2D eigenvalue weighted by molar-refractivity contribution is 7.98. The van der Waals surface area contributed by atoms with Gasteiger partial charge in [-0.2, -0.15) is 0 Å². The van der Waals surface area contributed by atoms with Crippen LogP contribution in [-0.4, -0.2) is 0 Å². The second kappa shape index (κ2) is 5.48. The van der Waals surface area contributed by atoms with E-state index in [-0.39, 0.29) is 0 Å². The minimum Gasteiger partial charge on any atom is -0.399 e. The summed E-state index contributed by atoms with van der Waals surface area (Å²) in [6.07, 6.45) is 0. The molecule has 0 aromatic heterocycles. The number of aryl methyl sites for hydroxylation is 1. The summed E-state index contributed by atoms with van der Waals surface area (Å²) in [5, 5.41) is 0.827. The van der Waals surface area contributed by atoms with Crippen molar-refractivity contribution in [2.24, 2.45) is 0 Å². The van der Waals surface area contributed by atoms with Crippen LogP contribution in [0.15, 0.2) is 47.4 Å². The minimum atomic E-state index is 0.810. The van der Waals surface area contributed by atoms with Crippen LogP contribution in [0.25, 0.3) is 0 Å². The van der Waals surface area contributed by atoms with Gasteiger partial charge in [0, 0.05) is 21.4 Å². The molecule has 88 valence electrons. The first-order valence-corrected chi connectivity index (χ1v) is 6.75. The number of hydrogen-bond donors (Lipinski definition) is 1. The number of thioether (sulfide) groups is 1. The maximum atomic E-state index is 6.12. The van der Waals surface area contributed by atoms with Gasteiger partial charge in [0.15, 0.2) is 0 Å². The molecule has 0 unspecified atom stereocenters. The Bertz CT molecular complexity index is 525. The van der Waals surface area contributed by atoms with Gasteiger partial charge in [-0.05, 0) is 42.3 Å². The van der Waals surface area contributed by atoms with Gasteiger partial charge in [0.05, 0.1) is 0 Å². The van der Waals surface area contributed by atoms with Crippen LogP contribution in [-0.2, 0) is 5.75 Å². The number of rotatable bonds is 3. The summed E-state index contributed by atoms with van der Waals surface area (Å²) in [6.45, 7) is 2.07. The standard InChI is InChI=1S/C14H14ClNS/c1-10-8-12(16)6-7-14(10)17-9-11-4-2-3-5-13(11)15/h2-8H,9,16H2,1H3. The highest BCUT2D eigenvalue weighted by Crippen LogP contribution is 2.29. The quantitative estimate of drug-likeness (QED) is 0.651. The van der Waals surface area contributed by atoms with Crippen LogP contribution in [0.1, 0.15) is 11.1 Å². The van der Waals surface area contributed by atoms with E-state index in [0.29, 0.717) is 0 Å². The van der Waals surface area contributed by atoms with E-state index in [1.807, 2.05) is 30.3 Å². The van der Waals surface area contributed by atoms with Crippen LogP contribution in [0.4, 0.5) is 5.69 Å². The van der Waals surface area contributed by atoms with Gasteiger partial charge in [-0.25, -0.2) is 0 Å². The molecule has 2 aromatic carbocycles. The van der Waals surface area contributed by atoms with Gasteiger partial charge < -0.3 is 5.73 Å². The molecule has 0 fully saturated rings. The Morgan fingerprint density at radius 2 is 1.94 bits per heavy atom. The molecule has 0 heterocycles. The van der Waals surface area contributed by atoms with Crippen LogP contribution in [0, 0.1) is 6.92 Å². The van der Waals surface area contributed by atoms with Crippen LogP contribution in [0.2, 0.25) is 5.02 Å². The van der Waals surface area contributed by atoms with Gasteiger partial charge >= 0.3 is 0 Å². The predicted molar refractivity (Wildman–Crippen MR) is 76.6 cm³/mol. The molecule has 17 heavy (non-hydrogen) atoms. The highest BCUT2D eigenvalue weighted by atomic mass is 35.5. The second-order valence-corrected chi connectivity index (χ2v) is 5.33.